The molecular weight excluding hydrogens is 500 g/mol. The Morgan fingerprint density at radius 3 is 2.53 bits per heavy atom. The molecule has 8 nitrogen and oxygen atoms in total. The second-order valence-electron chi connectivity index (χ2n) is 8.34. The number of fused-ring (bicyclic) bond motifs is 2. The van der Waals surface area contributed by atoms with E-state index in [-0.39, 0.29) is 18.2 Å². The quantitative estimate of drug-likeness (QED) is 0.160. The van der Waals surface area contributed by atoms with Gasteiger partial charge in [-0.05, 0) is 36.8 Å². The van der Waals surface area contributed by atoms with Crippen LogP contribution in [0, 0.1) is 0 Å². The Morgan fingerprint density at radius 1 is 1.06 bits per heavy atom. The molecule has 0 fully saturated rings. The predicted molar refractivity (Wildman–Crippen MR) is 139 cm³/mol. The number of carbonyl (C=O) groups excluding carboxylic acids is 1. The Hall–Kier alpha value is -3.40. The number of para-hydroxylation sites is 2. The molecule has 0 atom stereocenters. The number of carbonyl (C=O) groups is 1. The predicted octanol–water partition coefficient (Wildman–Crippen LogP) is 0.958. The van der Waals surface area contributed by atoms with Crippen molar-refractivity contribution >= 4 is 54.8 Å². The molecule has 0 aliphatic carbocycles. The smallest absolute Gasteiger partial charge is 0.250 e. The SMILES string of the molecule is CCCCCS(=O)(=O)Nc1ccc([NH2+]c2c3ccccc3nc3c(C(N)=O)cccc23)c(OC)c1.[Cl-]. The summed E-state index contributed by atoms with van der Waals surface area (Å²) in [6.45, 7) is 2.03. The Labute approximate surface area is 216 Å². The molecule has 10 heteroatoms. The number of ether oxygens (including phenoxy) is 1. The third-order valence-electron chi connectivity index (χ3n) is 5.84. The number of benzene rings is 3. The molecule has 3 aromatic carbocycles. The van der Waals surface area contributed by atoms with E-state index in [1.54, 1.807) is 31.4 Å². The summed E-state index contributed by atoms with van der Waals surface area (Å²) in [7, 11) is -1.90. The third-order valence-corrected chi connectivity index (χ3v) is 7.21. The first kappa shape index (κ1) is 27.2. The molecule has 36 heavy (non-hydrogen) atoms. The van der Waals surface area contributed by atoms with Crippen LogP contribution in [0.3, 0.4) is 0 Å². The summed E-state index contributed by atoms with van der Waals surface area (Å²) in [5.41, 5.74) is 9.28. The van der Waals surface area contributed by atoms with E-state index in [4.69, 9.17) is 15.5 Å². The van der Waals surface area contributed by atoms with Gasteiger partial charge in [-0.25, -0.2) is 13.4 Å². The molecule has 0 aliphatic heterocycles. The van der Waals surface area contributed by atoms with Crippen molar-refractivity contribution in [3.05, 3.63) is 66.2 Å². The maximum Gasteiger partial charge on any atom is 0.250 e. The highest BCUT2D eigenvalue weighted by molar-refractivity contribution is 7.92. The molecule has 5 N–H and O–H groups in total. The van der Waals surface area contributed by atoms with Gasteiger partial charge in [0.15, 0.2) is 17.1 Å². The summed E-state index contributed by atoms with van der Waals surface area (Å²) in [5, 5.41) is 3.64. The van der Waals surface area contributed by atoms with Crippen LogP contribution in [0.5, 0.6) is 5.75 Å². The normalized spacial score (nSPS) is 11.3. The van der Waals surface area contributed by atoms with Gasteiger partial charge >= 0.3 is 0 Å². The molecule has 1 heterocycles. The van der Waals surface area contributed by atoms with Crippen molar-refractivity contribution in [1.29, 1.82) is 0 Å². The van der Waals surface area contributed by atoms with Gasteiger partial charge in [-0.1, -0.05) is 38.0 Å². The van der Waals surface area contributed by atoms with Gasteiger partial charge in [0.1, 0.15) is 0 Å². The number of hydrogen-bond donors (Lipinski definition) is 3. The fraction of sp³-hybridized carbons (Fsp3) is 0.231. The van der Waals surface area contributed by atoms with Crippen LogP contribution >= 0.6 is 0 Å². The number of unbranched alkanes of at least 4 members (excludes halogenated alkanes) is 2. The number of anilines is 1. The molecule has 4 aromatic rings. The van der Waals surface area contributed by atoms with Crippen LogP contribution in [-0.4, -0.2) is 32.2 Å². The number of methoxy groups -OCH3 is 1. The number of nitrogens with one attached hydrogen (secondary N) is 1. The van der Waals surface area contributed by atoms with Crippen LogP contribution in [0.25, 0.3) is 21.8 Å². The molecule has 0 bridgehead atoms. The lowest BCUT2D eigenvalue weighted by atomic mass is 10.0. The van der Waals surface area contributed by atoms with E-state index in [9.17, 15) is 13.2 Å². The lowest BCUT2D eigenvalue weighted by molar-refractivity contribution is -0.475. The standard InChI is InChI=1S/C26H28N4O4S.ClH/c1-3-4-7-15-35(32,33)30-17-13-14-22(23(16-17)34-2)29-24-18-9-5-6-12-21(18)28-25-19(24)10-8-11-20(25)26(27)31;/h5-6,8-14,16,30H,3-4,7,15H2,1-2H3,(H2,27,31)(H,28,29);1H. The molecule has 0 saturated carbocycles. The number of quaternary nitrogens is 1. The van der Waals surface area contributed by atoms with Gasteiger partial charge in [-0.15, -0.1) is 0 Å². The van der Waals surface area contributed by atoms with E-state index < -0.39 is 15.9 Å². The Kier molecular flexibility index (Phi) is 8.73. The molecule has 0 saturated heterocycles. The summed E-state index contributed by atoms with van der Waals surface area (Å²) in [6, 6.07) is 18.2. The highest BCUT2D eigenvalue weighted by Gasteiger charge is 2.20. The largest absolute Gasteiger partial charge is 1.00 e. The van der Waals surface area contributed by atoms with Crippen molar-refractivity contribution in [1.82, 2.24) is 4.98 Å². The van der Waals surface area contributed by atoms with Gasteiger partial charge in [0.2, 0.25) is 10.0 Å². The van der Waals surface area contributed by atoms with Crippen molar-refractivity contribution < 1.29 is 35.7 Å². The van der Waals surface area contributed by atoms with E-state index in [1.165, 1.54) is 0 Å². The number of nitrogens with zero attached hydrogens (tertiary/aromatic N) is 1. The van der Waals surface area contributed by atoms with E-state index in [0.717, 1.165) is 40.5 Å². The van der Waals surface area contributed by atoms with E-state index in [0.29, 0.717) is 28.9 Å². The molecule has 0 unspecified atom stereocenters. The number of nitrogens with two attached hydrogens (primary N) is 2. The topological polar surface area (TPSA) is 128 Å². The van der Waals surface area contributed by atoms with Crippen molar-refractivity contribution in [3.63, 3.8) is 0 Å². The first-order valence-corrected chi connectivity index (χ1v) is 13.1. The molecular formula is C26H29ClN4O4S. The van der Waals surface area contributed by atoms with E-state index in [1.807, 2.05) is 48.6 Å². The highest BCUT2D eigenvalue weighted by atomic mass is 35.5. The van der Waals surface area contributed by atoms with Gasteiger partial charge in [0.25, 0.3) is 5.91 Å². The average molecular weight is 529 g/mol. The minimum Gasteiger partial charge on any atom is -1.00 e. The van der Waals surface area contributed by atoms with Crippen LogP contribution in [0.15, 0.2) is 60.7 Å². The lowest BCUT2D eigenvalue weighted by Crippen LogP contribution is -3.00. The fourth-order valence-corrected chi connectivity index (χ4v) is 5.29. The summed E-state index contributed by atoms with van der Waals surface area (Å²) in [5.74, 6) is 0.0464. The third kappa shape index (κ3) is 5.87. The number of sulfonamides is 1. The van der Waals surface area contributed by atoms with Gasteiger partial charge in [-0.3, -0.25) is 14.8 Å². The lowest BCUT2D eigenvalue weighted by Gasteiger charge is -2.14. The number of halogens is 1. The number of rotatable bonds is 10. The zero-order chi connectivity index (χ0) is 25.0. The maximum atomic E-state index is 12.4. The fourth-order valence-electron chi connectivity index (χ4n) is 4.12. The summed E-state index contributed by atoms with van der Waals surface area (Å²) >= 11 is 0. The minimum absolute atomic E-state index is 0. The monoisotopic (exact) mass is 528 g/mol. The van der Waals surface area contributed by atoms with Crippen molar-refractivity contribution in [3.8, 4) is 5.75 Å². The number of aromatic nitrogens is 1. The summed E-state index contributed by atoms with van der Waals surface area (Å²) < 4.78 is 33.1. The van der Waals surface area contributed by atoms with Crippen LogP contribution in [0.1, 0.15) is 36.5 Å². The van der Waals surface area contributed by atoms with Gasteiger partial charge < -0.3 is 22.9 Å². The number of amides is 1. The zero-order valence-electron chi connectivity index (χ0n) is 20.1. The van der Waals surface area contributed by atoms with Gasteiger partial charge in [0, 0.05) is 12.1 Å². The molecule has 0 spiro atoms. The first-order chi connectivity index (χ1) is 16.8. The van der Waals surface area contributed by atoms with Gasteiger partial charge in [0.05, 0.1) is 45.9 Å². The van der Waals surface area contributed by atoms with Crippen molar-refractivity contribution in [2.45, 2.75) is 26.2 Å². The summed E-state index contributed by atoms with van der Waals surface area (Å²) in [4.78, 5) is 16.8. The number of pyridine rings is 1. The van der Waals surface area contributed by atoms with Crippen LogP contribution in [-0.2, 0) is 10.0 Å². The molecule has 1 amide bonds. The molecule has 1 aromatic heterocycles. The maximum absolute atomic E-state index is 12.4. The highest BCUT2D eigenvalue weighted by Crippen LogP contribution is 2.32. The Bertz CT molecular complexity index is 1510. The minimum atomic E-state index is -3.44. The zero-order valence-corrected chi connectivity index (χ0v) is 21.7. The second-order valence-corrected chi connectivity index (χ2v) is 10.2. The average Bonchev–Trinajstić information content (AvgIpc) is 2.84. The van der Waals surface area contributed by atoms with Crippen LogP contribution in [0.4, 0.5) is 17.1 Å². The van der Waals surface area contributed by atoms with E-state index >= 15 is 0 Å². The molecule has 0 radical (unpaired) electrons. The van der Waals surface area contributed by atoms with Crippen LogP contribution in [0.2, 0.25) is 0 Å². The molecule has 0 aliphatic rings. The molecule has 4 rings (SSSR count). The Morgan fingerprint density at radius 2 is 1.81 bits per heavy atom. The van der Waals surface area contributed by atoms with E-state index in [2.05, 4.69) is 4.72 Å². The summed E-state index contributed by atoms with van der Waals surface area (Å²) in [6.07, 6.45) is 2.43. The first-order valence-electron chi connectivity index (χ1n) is 11.5. The Balaban J connectivity index is 0.00000361. The van der Waals surface area contributed by atoms with Crippen molar-refractivity contribution in [2.75, 3.05) is 17.6 Å². The van der Waals surface area contributed by atoms with Crippen LogP contribution < -0.4 is 32.9 Å². The second kappa shape index (κ2) is 11.6. The number of primary amides is 1. The van der Waals surface area contributed by atoms with Gasteiger partial charge in [-0.2, -0.15) is 0 Å². The molecule has 190 valence electrons. The van der Waals surface area contributed by atoms with Crippen molar-refractivity contribution in [2.24, 2.45) is 5.73 Å². The number of hydrogen-bond acceptors (Lipinski definition) is 5.